The van der Waals surface area contributed by atoms with Crippen LogP contribution in [0.25, 0.3) is 0 Å². The van der Waals surface area contributed by atoms with E-state index in [1.165, 1.54) is 29.7 Å². The van der Waals surface area contributed by atoms with Gasteiger partial charge in [0.05, 0.1) is 11.7 Å². The summed E-state index contributed by atoms with van der Waals surface area (Å²) in [4.78, 5) is 0. The zero-order chi connectivity index (χ0) is 14.7. The van der Waals surface area contributed by atoms with Crippen LogP contribution in [0.1, 0.15) is 56.0 Å². The van der Waals surface area contributed by atoms with E-state index in [4.69, 9.17) is 5.10 Å². The summed E-state index contributed by atoms with van der Waals surface area (Å²) in [5, 5.41) is 8.26. The summed E-state index contributed by atoms with van der Waals surface area (Å²) >= 11 is 0. The van der Waals surface area contributed by atoms with Crippen molar-refractivity contribution in [1.82, 2.24) is 9.78 Å². The number of nitrogens with one attached hydrogen (secondary N) is 1. The van der Waals surface area contributed by atoms with Gasteiger partial charge in [0.15, 0.2) is 0 Å². The van der Waals surface area contributed by atoms with Gasteiger partial charge in [0, 0.05) is 24.8 Å². The second-order valence-corrected chi connectivity index (χ2v) is 5.96. The fourth-order valence-corrected chi connectivity index (χ4v) is 3.16. The van der Waals surface area contributed by atoms with Crippen LogP contribution < -0.4 is 5.32 Å². The molecule has 0 amide bonds. The molecule has 0 saturated heterocycles. The average Bonchev–Trinajstić information content (AvgIpc) is 2.97. The van der Waals surface area contributed by atoms with Gasteiger partial charge in [-0.2, -0.15) is 5.10 Å². The Balaban J connectivity index is 1.74. The molecule has 1 aromatic heterocycles. The maximum Gasteiger partial charge on any atom is 0.0668 e. The SMILES string of the molecule is CCC(CC)n1ccc(Cc2ccc3c(c2)NCCC3)n1. The van der Waals surface area contributed by atoms with Crippen molar-refractivity contribution in [3.05, 3.63) is 47.3 Å². The molecule has 0 radical (unpaired) electrons. The van der Waals surface area contributed by atoms with Crippen molar-refractivity contribution in [2.75, 3.05) is 11.9 Å². The molecule has 1 aliphatic heterocycles. The van der Waals surface area contributed by atoms with Gasteiger partial charge in [0.2, 0.25) is 0 Å². The van der Waals surface area contributed by atoms with Crippen LogP contribution in [0, 0.1) is 0 Å². The molecule has 0 aliphatic carbocycles. The molecule has 0 unspecified atom stereocenters. The summed E-state index contributed by atoms with van der Waals surface area (Å²) in [5.41, 5.74) is 5.28. The molecule has 1 N–H and O–H groups in total. The third-order valence-electron chi connectivity index (χ3n) is 4.48. The third kappa shape index (κ3) is 3.12. The molecule has 3 rings (SSSR count). The summed E-state index contributed by atoms with van der Waals surface area (Å²) in [5.74, 6) is 0. The van der Waals surface area contributed by atoms with Crippen LogP contribution in [0.15, 0.2) is 30.5 Å². The monoisotopic (exact) mass is 283 g/mol. The number of fused-ring (bicyclic) bond motifs is 1. The van der Waals surface area contributed by atoms with Crippen LogP contribution in [0.3, 0.4) is 0 Å². The average molecular weight is 283 g/mol. The van der Waals surface area contributed by atoms with Gasteiger partial charge >= 0.3 is 0 Å². The number of aromatic nitrogens is 2. The predicted octanol–water partition coefficient (Wildman–Crippen LogP) is 4.19. The zero-order valence-corrected chi connectivity index (χ0v) is 13.1. The van der Waals surface area contributed by atoms with Gasteiger partial charge in [-0.1, -0.05) is 26.0 Å². The minimum atomic E-state index is 0.531. The molecule has 1 aliphatic rings. The smallest absolute Gasteiger partial charge is 0.0668 e. The number of rotatable bonds is 5. The van der Waals surface area contributed by atoms with Crippen LogP contribution >= 0.6 is 0 Å². The first kappa shape index (κ1) is 14.2. The Bertz CT molecular complexity index is 596. The number of anilines is 1. The standard InChI is InChI=1S/C18H25N3/c1-3-17(4-2)21-11-9-16(20-21)12-14-7-8-15-6-5-10-19-18(15)13-14/h7-9,11,13,17,19H,3-6,10,12H2,1-2H3. The molecule has 1 aromatic carbocycles. The lowest BCUT2D eigenvalue weighted by Gasteiger charge is -2.18. The Hall–Kier alpha value is -1.77. The number of benzene rings is 1. The Morgan fingerprint density at radius 1 is 1.24 bits per heavy atom. The zero-order valence-electron chi connectivity index (χ0n) is 13.1. The molecule has 3 nitrogen and oxygen atoms in total. The lowest BCUT2D eigenvalue weighted by Crippen LogP contribution is -2.12. The largest absolute Gasteiger partial charge is 0.385 e. The Morgan fingerprint density at radius 3 is 2.90 bits per heavy atom. The van der Waals surface area contributed by atoms with E-state index in [-0.39, 0.29) is 0 Å². The highest BCUT2D eigenvalue weighted by molar-refractivity contribution is 5.55. The lowest BCUT2D eigenvalue weighted by molar-refractivity contribution is 0.426. The van der Waals surface area contributed by atoms with Crippen LogP contribution in [-0.4, -0.2) is 16.3 Å². The summed E-state index contributed by atoms with van der Waals surface area (Å²) in [6, 6.07) is 9.51. The van der Waals surface area contributed by atoms with Gasteiger partial charge in [0.25, 0.3) is 0 Å². The number of nitrogens with zero attached hydrogens (tertiary/aromatic N) is 2. The Morgan fingerprint density at radius 2 is 2.10 bits per heavy atom. The van der Waals surface area contributed by atoms with Gasteiger partial charge in [-0.3, -0.25) is 4.68 Å². The quantitative estimate of drug-likeness (QED) is 0.891. The van der Waals surface area contributed by atoms with Crippen molar-refractivity contribution < 1.29 is 0 Å². The van der Waals surface area contributed by atoms with E-state index in [9.17, 15) is 0 Å². The summed E-state index contributed by atoms with van der Waals surface area (Å²) < 4.78 is 2.13. The number of hydrogen-bond donors (Lipinski definition) is 1. The second-order valence-electron chi connectivity index (χ2n) is 5.96. The molecular weight excluding hydrogens is 258 g/mol. The molecule has 0 bridgehead atoms. The summed E-state index contributed by atoms with van der Waals surface area (Å²) in [6.07, 6.45) is 7.77. The van der Waals surface area contributed by atoms with E-state index in [2.05, 4.69) is 54.3 Å². The summed E-state index contributed by atoms with van der Waals surface area (Å²) in [6.45, 7) is 5.55. The van der Waals surface area contributed by atoms with E-state index in [0.29, 0.717) is 6.04 Å². The molecule has 2 heterocycles. The van der Waals surface area contributed by atoms with Gasteiger partial charge in [-0.05, 0) is 48.9 Å². The van der Waals surface area contributed by atoms with Crippen LogP contribution in [0.4, 0.5) is 5.69 Å². The first-order valence-electron chi connectivity index (χ1n) is 8.19. The van der Waals surface area contributed by atoms with Crippen molar-refractivity contribution in [1.29, 1.82) is 0 Å². The minimum absolute atomic E-state index is 0.531. The van der Waals surface area contributed by atoms with Crippen molar-refractivity contribution in [2.45, 2.75) is 52.0 Å². The van der Waals surface area contributed by atoms with E-state index >= 15 is 0 Å². The Kier molecular flexibility index (Phi) is 4.28. The van der Waals surface area contributed by atoms with E-state index in [1.54, 1.807) is 0 Å². The molecule has 112 valence electrons. The molecule has 0 atom stereocenters. The molecule has 0 fully saturated rings. The van der Waals surface area contributed by atoms with Gasteiger partial charge < -0.3 is 5.32 Å². The van der Waals surface area contributed by atoms with Crippen LogP contribution in [0.2, 0.25) is 0 Å². The van der Waals surface area contributed by atoms with Gasteiger partial charge in [-0.15, -0.1) is 0 Å². The van der Waals surface area contributed by atoms with Crippen molar-refractivity contribution in [3.8, 4) is 0 Å². The van der Waals surface area contributed by atoms with Crippen molar-refractivity contribution in [3.63, 3.8) is 0 Å². The first-order chi connectivity index (χ1) is 10.3. The number of hydrogen-bond acceptors (Lipinski definition) is 2. The highest BCUT2D eigenvalue weighted by Gasteiger charge is 2.11. The van der Waals surface area contributed by atoms with Crippen LogP contribution in [0.5, 0.6) is 0 Å². The molecule has 0 spiro atoms. The van der Waals surface area contributed by atoms with Crippen molar-refractivity contribution >= 4 is 5.69 Å². The predicted molar refractivity (Wildman–Crippen MR) is 87.9 cm³/mol. The van der Waals surface area contributed by atoms with Gasteiger partial charge in [-0.25, -0.2) is 0 Å². The number of aryl methyl sites for hydroxylation is 1. The fourth-order valence-electron chi connectivity index (χ4n) is 3.16. The Labute approximate surface area is 127 Å². The molecule has 0 saturated carbocycles. The van der Waals surface area contributed by atoms with E-state index in [0.717, 1.165) is 31.5 Å². The molecule has 3 heteroatoms. The van der Waals surface area contributed by atoms with Crippen LogP contribution in [-0.2, 0) is 12.8 Å². The molecular formula is C18H25N3. The third-order valence-corrected chi connectivity index (χ3v) is 4.48. The maximum absolute atomic E-state index is 4.76. The fraction of sp³-hybridized carbons (Fsp3) is 0.500. The van der Waals surface area contributed by atoms with Crippen molar-refractivity contribution in [2.24, 2.45) is 0 Å². The summed E-state index contributed by atoms with van der Waals surface area (Å²) in [7, 11) is 0. The molecule has 21 heavy (non-hydrogen) atoms. The lowest BCUT2D eigenvalue weighted by atomic mass is 9.99. The maximum atomic E-state index is 4.76. The molecule has 2 aromatic rings. The van der Waals surface area contributed by atoms with Gasteiger partial charge in [0.1, 0.15) is 0 Å². The normalized spacial score (nSPS) is 14.0. The first-order valence-corrected chi connectivity index (χ1v) is 8.19. The minimum Gasteiger partial charge on any atom is -0.385 e. The second kappa shape index (κ2) is 6.33. The topological polar surface area (TPSA) is 29.9 Å². The van der Waals surface area contributed by atoms with E-state index in [1.807, 2.05) is 0 Å². The highest BCUT2D eigenvalue weighted by atomic mass is 15.3. The van der Waals surface area contributed by atoms with E-state index < -0.39 is 0 Å². The highest BCUT2D eigenvalue weighted by Crippen LogP contribution is 2.24.